The van der Waals surface area contributed by atoms with Crippen LogP contribution in [0.2, 0.25) is 0 Å². The van der Waals surface area contributed by atoms with Crippen LogP contribution in [-0.4, -0.2) is 17.4 Å². The summed E-state index contributed by atoms with van der Waals surface area (Å²) in [5.41, 5.74) is 7.20. The van der Waals surface area contributed by atoms with Crippen LogP contribution in [0.15, 0.2) is 60.4 Å². The van der Waals surface area contributed by atoms with Gasteiger partial charge in [-0.05, 0) is 54.7 Å². The lowest BCUT2D eigenvalue weighted by molar-refractivity contribution is 0.0872. The predicted octanol–water partition coefficient (Wildman–Crippen LogP) is 5.83. The van der Waals surface area contributed by atoms with Crippen molar-refractivity contribution in [3.63, 3.8) is 0 Å². The maximum Gasteiger partial charge on any atom is 0.232 e. The molecule has 0 saturated carbocycles. The third-order valence-electron chi connectivity index (χ3n) is 6.20. The third-order valence-corrected chi connectivity index (χ3v) is 6.20. The van der Waals surface area contributed by atoms with Crippen molar-refractivity contribution in [3.05, 3.63) is 99.3 Å². The van der Waals surface area contributed by atoms with E-state index in [4.69, 9.17) is 9.47 Å². The highest BCUT2D eigenvalue weighted by Crippen LogP contribution is 2.44. The van der Waals surface area contributed by atoms with Crippen LogP contribution in [0, 0.1) is 13.8 Å². The number of ketones is 1. The molecule has 3 aromatic carbocycles. The van der Waals surface area contributed by atoms with Crippen molar-refractivity contribution in [3.8, 4) is 11.5 Å². The number of nitrogens with zero attached hydrogens (tertiary/aromatic N) is 1. The quantitative estimate of drug-likeness (QED) is 0.493. The van der Waals surface area contributed by atoms with Gasteiger partial charge in [-0.1, -0.05) is 61.0 Å². The fourth-order valence-corrected chi connectivity index (χ4v) is 4.33. The van der Waals surface area contributed by atoms with E-state index in [2.05, 4.69) is 55.1 Å². The molecule has 0 radical (unpaired) electrons. The van der Waals surface area contributed by atoms with Crippen LogP contribution < -0.4 is 9.47 Å². The number of allylic oxidation sites excluding steroid dienone is 1. The minimum Gasteiger partial charge on any atom is -0.478 e. The SMILES string of the molecule is CCc1ccc(/C=C2\Oc3c4c(cc(C)c3C2=O)OCN(Cc2ccc(C)cc2)C4)cc1. The highest BCUT2D eigenvalue weighted by molar-refractivity contribution is 6.15. The van der Waals surface area contributed by atoms with Gasteiger partial charge in [-0.2, -0.15) is 0 Å². The van der Waals surface area contributed by atoms with E-state index in [0.717, 1.165) is 35.4 Å². The van der Waals surface area contributed by atoms with Crippen LogP contribution in [0.25, 0.3) is 6.08 Å². The second kappa shape index (κ2) is 8.29. The lowest BCUT2D eigenvalue weighted by atomic mass is 9.98. The summed E-state index contributed by atoms with van der Waals surface area (Å²) in [5, 5.41) is 0. The number of benzene rings is 3. The highest BCUT2D eigenvalue weighted by Gasteiger charge is 2.35. The first-order chi connectivity index (χ1) is 15.5. The monoisotopic (exact) mass is 425 g/mol. The minimum absolute atomic E-state index is 0.0597. The maximum atomic E-state index is 13.2. The van der Waals surface area contributed by atoms with E-state index in [1.165, 1.54) is 16.7 Å². The molecule has 0 amide bonds. The third kappa shape index (κ3) is 3.82. The van der Waals surface area contributed by atoms with E-state index >= 15 is 0 Å². The molecular weight excluding hydrogens is 398 g/mol. The first-order valence-electron chi connectivity index (χ1n) is 11.1. The summed E-state index contributed by atoms with van der Waals surface area (Å²) in [7, 11) is 0. The minimum atomic E-state index is -0.0597. The fraction of sp³-hybridized carbons (Fsp3) is 0.250. The Morgan fingerprint density at radius 3 is 2.44 bits per heavy atom. The fourth-order valence-electron chi connectivity index (χ4n) is 4.33. The van der Waals surface area contributed by atoms with Crippen LogP contribution in [0.5, 0.6) is 11.5 Å². The molecule has 2 aliphatic rings. The molecule has 0 spiro atoms. The Morgan fingerprint density at radius 1 is 1.00 bits per heavy atom. The Labute approximate surface area is 189 Å². The van der Waals surface area contributed by atoms with Gasteiger partial charge >= 0.3 is 0 Å². The van der Waals surface area contributed by atoms with Gasteiger partial charge < -0.3 is 9.47 Å². The number of hydrogen-bond acceptors (Lipinski definition) is 4. The molecule has 0 saturated heterocycles. The molecule has 5 rings (SSSR count). The van der Waals surface area contributed by atoms with Gasteiger partial charge in [0, 0.05) is 13.1 Å². The summed E-state index contributed by atoms with van der Waals surface area (Å²) in [5.74, 6) is 1.77. The number of carbonyl (C=O) groups is 1. The molecule has 0 aromatic heterocycles. The van der Waals surface area contributed by atoms with Gasteiger partial charge in [0.1, 0.15) is 18.2 Å². The average molecular weight is 426 g/mol. The topological polar surface area (TPSA) is 38.8 Å². The Bertz CT molecular complexity index is 1210. The normalized spacial score (nSPS) is 16.5. The molecule has 2 heterocycles. The van der Waals surface area contributed by atoms with Gasteiger partial charge in [0.15, 0.2) is 5.76 Å². The number of carbonyl (C=O) groups excluding carboxylic acids is 1. The molecule has 0 atom stereocenters. The van der Waals surface area contributed by atoms with Crippen molar-refractivity contribution in [2.75, 3.05) is 6.73 Å². The molecule has 3 aromatic rings. The standard InChI is InChI=1S/C28H27NO3/c1-4-20-9-11-21(12-10-20)14-25-27(30)26-19(3)13-24-23(28(26)32-25)16-29(17-31-24)15-22-7-5-18(2)6-8-22/h5-14H,4,15-17H2,1-3H3/b25-14-. The van der Waals surface area contributed by atoms with Gasteiger partial charge in [0.25, 0.3) is 0 Å². The van der Waals surface area contributed by atoms with Crippen molar-refractivity contribution >= 4 is 11.9 Å². The van der Waals surface area contributed by atoms with Crippen LogP contribution in [-0.2, 0) is 19.5 Å². The van der Waals surface area contributed by atoms with Crippen LogP contribution in [0.3, 0.4) is 0 Å². The smallest absolute Gasteiger partial charge is 0.232 e. The average Bonchev–Trinajstić information content (AvgIpc) is 3.13. The van der Waals surface area contributed by atoms with Crippen LogP contribution in [0.4, 0.5) is 0 Å². The number of aryl methyl sites for hydroxylation is 3. The predicted molar refractivity (Wildman–Crippen MR) is 126 cm³/mol. The number of rotatable bonds is 4. The van der Waals surface area contributed by atoms with Crippen molar-refractivity contribution in [2.45, 2.75) is 40.3 Å². The summed E-state index contributed by atoms with van der Waals surface area (Å²) in [6.07, 6.45) is 2.82. The summed E-state index contributed by atoms with van der Waals surface area (Å²) >= 11 is 0. The van der Waals surface area contributed by atoms with Crippen molar-refractivity contribution in [2.24, 2.45) is 0 Å². The second-order valence-corrected chi connectivity index (χ2v) is 8.66. The summed E-state index contributed by atoms with van der Waals surface area (Å²) in [6.45, 7) is 8.14. The molecule has 4 heteroatoms. The zero-order valence-electron chi connectivity index (χ0n) is 18.8. The van der Waals surface area contributed by atoms with Crippen molar-refractivity contribution in [1.29, 1.82) is 0 Å². The largest absolute Gasteiger partial charge is 0.478 e. The molecule has 0 unspecified atom stereocenters. The zero-order valence-corrected chi connectivity index (χ0v) is 18.8. The van der Waals surface area contributed by atoms with E-state index in [1.54, 1.807) is 0 Å². The van der Waals surface area contributed by atoms with E-state index in [1.807, 2.05) is 31.2 Å². The number of Topliss-reactive ketones (excluding diaryl/α,β-unsaturated/α-hetero) is 1. The number of hydrogen-bond donors (Lipinski definition) is 0. The van der Waals surface area contributed by atoms with Crippen molar-refractivity contribution in [1.82, 2.24) is 4.90 Å². The molecule has 0 N–H and O–H groups in total. The summed E-state index contributed by atoms with van der Waals surface area (Å²) in [6, 6.07) is 18.7. The molecule has 0 aliphatic carbocycles. The van der Waals surface area contributed by atoms with Gasteiger partial charge in [-0.25, -0.2) is 0 Å². The molecule has 2 aliphatic heterocycles. The Hall–Kier alpha value is -3.37. The van der Waals surface area contributed by atoms with E-state index in [9.17, 15) is 4.79 Å². The first-order valence-corrected chi connectivity index (χ1v) is 11.1. The van der Waals surface area contributed by atoms with E-state index in [0.29, 0.717) is 30.3 Å². The summed E-state index contributed by atoms with van der Waals surface area (Å²) in [4.78, 5) is 15.4. The van der Waals surface area contributed by atoms with E-state index < -0.39 is 0 Å². The van der Waals surface area contributed by atoms with Gasteiger partial charge in [-0.15, -0.1) is 0 Å². The van der Waals surface area contributed by atoms with Crippen LogP contribution >= 0.6 is 0 Å². The maximum absolute atomic E-state index is 13.2. The first kappa shape index (κ1) is 20.5. The van der Waals surface area contributed by atoms with Gasteiger partial charge in [0.2, 0.25) is 5.78 Å². The molecule has 0 bridgehead atoms. The lowest BCUT2D eigenvalue weighted by Crippen LogP contribution is -2.31. The van der Waals surface area contributed by atoms with E-state index in [-0.39, 0.29) is 5.78 Å². The molecule has 32 heavy (non-hydrogen) atoms. The highest BCUT2D eigenvalue weighted by atomic mass is 16.5. The molecule has 0 fully saturated rings. The molecular formula is C28H27NO3. The zero-order chi connectivity index (χ0) is 22.2. The number of fused-ring (bicyclic) bond motifs is 3. The molecule has 162 valence electrons. The molecule has 4 nitrogen and oxygen atoms in total. The van der Waals surface area contributed by atoms with Gasteiger partial charge in [0.05, 0.1) is 11.1 Å². The number of ether oxygens (including phenoxy) is 2. The Balaban J connectivity index is 1.43. The second-order valence-electron chi connectivity index (χ2n) is 8.66. The lowest BCUT2D eigenvalue weighted by Gasteiger charge is -2.30. The Morgan fingerprint density at radius 2 is 1.72 bits per heavy atom. The Kier molecular flexibility index (Phi) is 5.32. The summed E-state index contributed by atoms with van der Waals surface area (Å²) < 4.78 is 12.2. The van der Waals surface area contributed by atoms with Crippen molar-refractivity contribution < 1.29 is 14.3 Å². The van der Waals surface area contributed by atoms with Crippen LogP contribution in [0.1, 0.15) is 50.7 Å². The van der Waals surface area contributed by atoms with Gasteiger partial charge in [-0.3, -0.25) is 9.69 Å².